The number of carbonyl (C=O) groups excluding carboxylic acids is 1. The highest BCUT2D eigenvalue weighted by Crippen LogP contribution is 2.08. The Bertz CT molecular complexity index is 223. The minimum absolute atomic E-state index is 0.0399. The molecule has 0 aromatic carbocycles. The molecule has 5 heteroatoms. The number of β-amino-alcohol motifs (C(OH)–C–C–N with tert-alkyl or cyclic N) is 2. The lowest BCUT2D eigenvalue weighted by Crippen LogP contribution is -2.37. The predicted molar refractivity (Wildman–Crippen MR) is 60.9 cm³/mol. The van der Waals surface area contributed by atoms with E-state index in [9.17, 15) is 15.0 Å². The van der Waals surface area contributed by atoms with E-state index in [2.05, 4.69) is 19.2 Å². The first-order valence-electron chi connectivity index (χ1n) is 5.84. The molecule has 2 unspecified atom stereocenters. The molecule has 0 spiro atoms. The number of likely N-dealkylation sites (tertiary alicyclic amines) is 1. The summed E-state index contributed by atoms with van der Waals surface area (Å²) >= 11 is 0. The van der Waals surface area contributed by atoms with Gasteiger partial charge in [-0.2, -0.15) is 0 Å². The number of aliphatic hydroxyl groups excluding tert-OH is 2. The number of hydrogen-bond acceptors (Lipinski definition) is 4. The lowest BCUT2D eigenvalue weighted by molar-refractivity contribution is -0.122. The Labute approximate surface area is 96.4 Å². The van der Waals surface area contributed by atoms with E-state index in [-0.39, 0.29) is 12.5 Å². The quantitative estimate of drug-likeness (QED) is 0.577. The second-order valence-corrected chi connectivity index (χ2v) is 4.86. The lowest BCUT2D eigenvalue weighted by Gasteiger charge is -2.14. The van der Waals surface area contributed by atoms with E-state index in [1.54, 1.807) is 4.90 Å². The molecular weight excluding hydrogens is 208 g/mol. The van der Waals surface area contributed by atoms with E-state index in [1.807, 2.05) is 0 Å². The molecule has 1 rings (SSSR count). The highest BCUT2D eigenvalue weighted by atomic mass is 16.3. The topological polar surface area (TPSA) is 72.8 Å². The molecular formula is C11H22N2O3. The third-order valence-corrected chi connectivity index (χ3v) is 2.75. The smallest absolute Gasteiger partial charge is 0.234 e. The maximum atomic E-state index is 11.5. The van der Waals surface area contributed by atoms with E-state index in [1.165, 1.54) is 0 Å². The van der Waals surface area contributed by atoms with Gasteiger partial charge in [-0.15, -0.1) is 0 Å². The molecule has 0 aromatic rings. The molecule has 0 saturated carbocycles. The average Bonchev–Trinajstić information content (AvgIpc) is 2.44. The highest BCUT2D eigenvalue weighted by Gasteiger charge is 2.30. The van der Waals surface area contributed by atoms with Gasteiger partial charge in [-0.25, -0.2) is 0 Å². The number of amides is 1. The van der Waals surface area contributed by atoms with Crippen molar-refractivity contribution in [2.45, 2.75) is 32.5 Å². The van der Waals surface area contributed by atoms with Gasteiger partial charge in [0.15, 0.2) is 0 Å². The van der Waals surface area contributed by atoms with E-state index in [0.29, 0.717) is 25.6 Å². The van der Waals surface area contributed by atoms with Crippen molar-refractivity contribution in [3.05, 3.63) is 0 Å². The molecule has 0 radical (unpaired) electrons. The third-order valence-electron chi connectivity index (χ3n) is 2.75. The van der Waals surface area contributed by atoms with E-state index in [4.69, 9.17) is 0 Å². The fourth-order valence-electron chi connectivity index (χ4n) is 1.74. The molecule has 3 N–H and O–H groups in total. The molecule has 0 aliphatic carbocycles. The van der Waals surface area contributed by atoms with Crippen LogP contribution in [0, 0.1) is 5.92 Å². The first kappa shape index (κ1) is 13.4. The summed E-state index contributed by atoms with van der Waals surface area (Å²) in [6.45, 7) is 5.91. The van der Waals surface area contributed by atoms with Gasteiger partial charge in [0.2, 0.25) is 5.91 Å². The predicted octanol–water partition coefficient (Wildman–Crippen LogP) is -0.814. The Morgan fingerprint density at radius 3 is 2.44 bits per heavy atom. The largest absolute Gasteiger partial charge is 0.389 e. The van der Waals surface area contributed by atoms with Crippen LogP contribution < -0.4 is 5.32 Å². The SMILES string of the molecule is CC(C)CCNC(=O)CN1CC(O)C(O)C1. The van der Waals surface area contributed by atoms with Gasteiger partial charge in [-0.1, -0.05) is 13.8 Å². The van der Waals surface area contributed by atoms with Crippen molar-refractivity contribution in [1.29, 1.82) is 0 Å². The second-order valence-electron chi connectivity index (χ2n) is 4.86. The Kier molecular flexibility index (Phi) is 5.18. The minimum atomic E-state index is -0.719. The van der Waals surface area contributed by atoms with Gasteiger partial charge < -0.3 is 15.5 Å². The fourth-order valence-corrected chi connectivity index (χ4v) is 1.74. The maximum absolute atomic E-state index is 11.5. The van der Waals surface area contributed by atoms with Gasteiger partial charge in [0.25, 0.3) is 0 Å². The molecule has 0 bridgehead atoms. The zero-order valence-electron chi connectivity index (χ0n) is 10.0. The van der Waals surface area contributed by atoms with E-state index < -0.39 is 12.2 Å². The van der Waals surface area contributed by atoms with Crippen molar-refractivity contribution in [2.24, 2.45) is 5.92 Å². The molecule has 1 aliphatic rings. The van der Waals surface area contributed by atoms with Crippen molar-refractivity contribution in [3.8, 4) is 0 Å². The summed E-state index contributed by atoms with van der Waals surface area (Å²) in [6.07, 6.45) is -0.469. The first-order chi connectivity index (χ1) is 7.49. The number of nitrogens with one attached hydrogen (secondary N) is 1. The van der Waals surface area contributed by atoms with Gasteiger partial charge in [0, 0.05) is 19.6 Å². The van der Waals surface area contributed by atoms with E-state index >= 15 is 0 Å². The molecule has 0 aromatic heterocycles. The fraction of sp³-hybridized carbons (Fsp3) is 0.909. The molecule has 94 valence electrons. The summed E-state index contributed by atoms with van der Waals surface area (Å²) < 4.78 is 0. The summed E-state index contributed by atoms with van der Waals surface area (Å²) in [5.74, 6) is 0.540. The van der Waals surface area contributed by atoms with Crippen LogP contribution in [0.3, 0.4) is 0 Å². The van der Waals surface area contributed by atoms with Gasteiger partial charge in [-0.05, 0) is 12.3 Å². The van der Waals surface area contributed by atoms with Crippen LogP contribution >= 0.6 is 0 Å². The van der Waals surface area contributed by atoms with Crippen LogP contribution in [0.4, 0.5) is 0 Å². The third kappa shape index (κ3) is 4.47. The van der Waals surface area contributed by atoms with Gasteiger partial charge >= 0.3 is 0 Å². The number of carbonyl (C=O) groups is 1. The number of aliphatic hydroxyl groups is 2. The Hall–Kier alpha value is -0.650. The highest BCUT2D eigenvalue weighted by molar-refractivity contribution is 5.78. The van der Waals surface area contributed by atoms with Crippen LogP contribution in [-0.2, 0) is 4.79 Å². The molecule has 1 saturated heterocycles. The molecule has 1 heterocycles. The molecule has 16 heavy (non-hydrogen) atoms. The van der Waals surface area contributed by atoms with Gasteiger partial charge in [0.05, 0.1) is 18.8 Å². The van der Waals surface area contributed by atoms with Crippen molar-refractivity contribution >= 4 is 5.91 Å². The Morgan fingerprint density at radius 1 is 1.38 bits per heavy atom. The zero-order chi connectivity index (χ0) is 12.1. The second kappa shape index (κ2) is 6.18. The molecule has 2 atom stereocenters. The lowest BCUT2D eigenvalue weighted by atomic mass is 10.1. The summed E-state index contributed by atoms with van der Waals surface area (Å²) in [4.78, 5) is 13.2. The number of nitrogens with zero attached hydrogens (tertiary/aromatic N) is 1. The van der Waals surface area contributed by atoms with Crippen LogP contribution in [0.25, 0.3) is 0 Å². The minimum Gasteiger partial charge on any atom is -0.389 e. The molecule has 1 aliphatic heterocycles. The summed E-state index contributed by atoms with van der Waals surface area (Å²) in [6, 6.07) is 0. The van der Waals surface area contributed by atoms with Crippen LogP contribution in [0.15, 0.2) is 0 Å². The van der Waals surface area contributed by atoms with Crippen LogP contribution in [0.2, 0.25) is 0 Å². The summed E-state index contributed by atoms with van der Waals surface area (Å²) in [5, 5.41) is 21.4. The monoisotopic (exact) mass is 230 g/mol. The van der Waals surface area contributed by atoms with Gasteiger partial charge in [0.1, 0.15) is 0 Å². The van der Waals surface area contributed by atoms with Crippen molar-refractivity contribution in [1.82, 2.24) is 10.2 Å². The number of hydrogen-bond donors (Lipinski definition) is 3. The van der Waals surface area contributed by atoms with Crippen LogP contribution in [-0.4, -0.2) is 59.4 Å². The zero-order valence-corrected chi connectivity index (χ0v) is 10.0. The Morgan fingerprint density at radius 2 is 1.94 bits per heavy atom. The molecule has 1 amide bonds. The Balaban J connectivity index is 2.15. The summed E-state index contributed by atoms with van der Waals surface area (Å²) in [7, 11) is 0. The number of rotatable bonds is 5. The first-order valence-corrected chi connectivity index (χ1v) is 5.84. The van der Waals surface area contributed by atoms with Crippen LogP contribution in [0.5, 0.6) is 0 Å². The molecule has 1 fully saturated rings. The maximum Gasteiger partial charge on any atom is 0.234 e. The van der Waals surface area contributed by atoms with E-state index in [0.717, 1.165) is 6.42 Å². The van der Waals surface area contributed by atoms with Crippen LogP contribution in [0.1, 0.15) is 20.3 Å². The molecule has 5 nitrogen and oxygen atoms in total. The van der Waals surface area contributed by atoms with Crippen molar-refractivity contribution in [2.75, 3.05) is 26.2 Å². The van der Waals surface area contributed by atoms with Crippen molar-refractivity contribution in [3.63, 3.8) is 0 Å². The van der Waals surface area contributed by atoms with Crippen molar-refractivity contribution < 1.29 is 15.0 Å². The van der Waals surface area contributed by atoms with Gasteiger partial charge in [-0.3, -0.25) is 9.69 Å². The standard InChI is InChI=1S/C11H22N2O3/c1-8(2)3-4-12-11(16)7-13-5-9(14)10(15)6-13/h8-10,14-15H,3-7H2,1-2H3,(H,12,16). The average molecular weight is 230 g/mol. The summed E-state index contributed by atoms with van der Waals surface area (Å²) in [5.41, 5.74) is 0. The normalized spacial score (nSPS) is 26.3.